The zero-order valence-electron chi connectivity index (χ0n) is 11.1. The first-order valence-electron chi connectivity index (χ1n) is 6.32. The van der Waals surface area contributed by atoms with Crippen molar-refractivity contribution >= 4 is 23.2 Å². The third kappa shape index (κ3) is 3.12. The van der Waals surface area contributed by atoms with E-state index in [1.54, 1.807) is 4.90 Å². The highest BCUT2D eigenvalue weighted by atomic mass is 32.1. The van der Waals surface area contributed by atoms with Crippen LogP contribution in [0.25, 0.3) is 0 Å². The second kappa shape index (κ2) is 6.26. The van der Waals surface area contributed by atoms with E-state index in [-0.39, 0.29) is 30.5 Å². The van der Waals surface area contributed by atoms with E-state index in [9.17, 15) is 13.6 Å². The van der Waals surface area contributed by atoms with Crippen molar-refractivity contribution in [2.24, 2.45) is 0 Å². The summed E-state index contributed by atoms with van der Waals surface area (Å²) in [7, 11) is 1.33. The molecule has 3 nitrogen and oxygen atoms in total. The van der Waals surface area contributed by atoms with E-state index in [0.717, 1.165) is 12.5 Å². The molecule has 0 radical (unpaired) electrons. The molecule has 0 saturated carbocycles. The molecule has 1 aliphatic heterocycles. The van der Waals surface area contributed by atoms with Crippen molar-refractivity contribution in [3.05, 3.63) is 35.4 Å². The average Bonchev–Trinajstić information content (AvgIpc) is 2.76. The molecular formula is C14H15F2NO2S. The van der Waals surface area contributed by atoms with Crippen LogP contribution in [-0.4, -0.2) is 29.0 Å². The number of carbonyl (C=O) groups is 1. The highest BCUT2D eigenvalue weighted by Gasteiger charge is 2.30. The van der Waals surface area contributed by atoms with Gasteiger partial charge >= 0.3 is 5.97 Å². The highest BCUT2D eigenvalue weighted by molar-refractivity contribution is 7.80. The maximum atomic E-state index is 13.7. The summed E-state index contributed by atoms with van der Waals surface area (Å²) in [6.07, 6.45) is 1.60. The van der Waals surface area contributed by atoms with Gasteiger partial charge in [-0.15, -0.1) is 0 Å². The lowest BCUT2D eigenvalue weighted by Crippen LogP contribution is -2.33. The van der Waals surface area contributed by atoms with Gasteiger partial charge in [0.05, 0.1) is 18.5 Å². The van der Waals surface area contributed by atoms with Gasteiger partial charge in [-0.2, -0.15) is 0 Å². The monoisotopic (exact) mass is 299 g/mol. The van der Waals surface area contributed by atoms with Crippen molar-refractivity contribution in [1.29, 1.82) is 0 Å². The Balaban J connectivity index is 2.14. The number of ether oxygens (including phenoxy) is 1. The topological polar surface area (TPSA) is 29.5 Å². The molecule has 1 heterocycles. The van der Waals surface area contributed by atoms with Crippen LogP contribution in [0.15, 0.2) is 18.2 Å². The average molecular weight is 299 g/mol. The number of hydrogen-bond donors (Lipinski definition) is 0. The zero-order chi connectivity index (χ0) is 14.7. The van der Waals surface area contributed by atoms with Gasteiger partial charge in [-0.05, 0) is 18.9 Å². The first kappa shape index (κ1) is 14.8. The summed E-state index contributed by atoms with van der Waals surface area (Å²) >= 11 is 5.24. The predicted octanol–water partition coefficient (Wildman–Crippen LogP) is 2.82. The molecule has 1 aromatic carbocycles. The van der Waals surface area contributed by atoms with Gasteiger partial charge < -0.3 is 9.64 Å². The van der Waals surface area contributed by atoms with Gasteiger partial charge in [-0.1, -0.05) is 24.4 Å². The van der Waals surface area contributed by atoms with E-state index in [1.165, 1.54) is 19.2 Å². The smallest absolute Gasteiger partial charge is 0.307 e. The van der Waals surface area contributed by atoms with Crippen molar-refractivity contribution in [3.8, 4) is 0 Å². The maximum absolute atomic E-state index is 13.7. The predicted molar refractivity (Wildman–Crippen MR) is 74.2 cm³/mol. The van der Waals surface area contributed by atoms with Crippen LogP contribution in [0, 0.1) is 11.6 Å². The third-order valence-electron chi connectivity index (χ3n) is 3.45. The molecule has 0 spiro atoms. The Morgan fingerprint density at radius 3 is 2.95 bits per heavy atom. The minimum atomic E-state index is -0.878. The van der Waals surface area contributed by atoms with Crippen LogP contribution in [0.2, 0.25) is 0 Å². The van der Waals surface area contributed by atoms with Gasteiger partial charge in [0.1, 0.15) is 0 Å². The van der Waals surface area contributed by atoms with E-state index in [4.69, 9.17) is 12.2 Å². The van der Waals surface area contributed by atoms with Crippen LogP contribution in [-0.2, 0) is 16.1 Å². The summed E-state index contributed by atoms with van der Waals surface area (Å²) in [6, 6.07) is 3.95. The number of benzene rings is 1. The standard InChI is InChI=1S/C14H15F2NO2S/c1-19-13(18)7-10-5-6-12(20)17(10)8-9-3-2-4-11(15)14(9)16/h2-4,10H,5-8H2,1H3/t10-/m0/s1. The van der Waals surface area contributed by atoms with Crippen molar-refractivity contribution in [3.63, 3.8) is 0 Å². The molecule has 6 heteroatoms. The van der Waals surface area contributed by atoms with Crippen LogP contribution in [0.4, 0.5) is 8.78 Å². The molecule has 2 rings (SSSR count). The van der Waals surface area contributed by atoms with Gasteiger partial charge in [0, 0.05) is 18.2 Å². The number of thiocarbonyl (C=S) groups is 1. The maximum Gasteiger partial charge on any atom is 0.307 e. The van der Waals surface area contributed by atoms with E-state index in [2.05, 4.69) is 4.74 Å². The summed E-state index contributed by atoms with van der Waals surface area (Å²) < 4.78 is 31.6. The van der Waals surface area contributed by atoms with Gasteiger partial charge in [0.15, 0.2) is 11.6 Å². The Morgan fingerprint density at radius 2 is 2.25 bits per heavy atom. The molecule has 1 fully saturated rings. The molecule has 0 amide bonds. The Bertz CT molecular complexity index is 536. The first-order chi connectivity index (χ1) is 9.52. The molecule has 0 N–H and O–H groups in total. The fourth-order valence-electron chi connectivity index (χ4n) is 2.35. The fourth-order valence-corrected chi connectivity index (χ4v) is 2.68. The first-order valence-corrected chi connectivity index (χ1v) is 6.73. The second-order valence-electron chi connectivity index (χ2n) is 4.71. The Hall–Kier alpha value is -1.56. The lowest BCUT2D eigenvalue weighted by Gasteiger charge is -2.26. The normalized spacial score (nSPS) is 18.4. The number of hydrogen-bond acceptors (Lipinski definition) is 3. The van der Waals surface area contributed by atoms with Crippen LogP contribution < -0.4 is 0 Å². The van der Waals surface area contributed by atoms with Gasteiger partial charge in [0.2, 0.25) is 0 Å². The number of likely N-dealkylation sites (tertiary alicyclic amines) is 1. The molecule has 0 aromatic heterocycles. The Labute approximate surface area is 121 Å². The van der Waals surface area contributed by atoms with Crippen LogP contribution in [0.5, 0.6) is 0 Å². The molecule has 20 heavy (non-hydrogen) atoms. The molecule has 1 aliphatic rings. The quantitative estimate of drug-likeness (QED) is 0.631. The molecule has 0 unspecified atom stereocenters. The molecule has 1 saturated heterocycles. The van der Waals surface area contributed by atoms with Gasteiger partial charge in [0.25, 0.3) is 0 Å². The lowest BCUT2D eigenvalue weighted by molar-refractivity contribution is -0.141. The second-order valence-corrected chi connectivity index (χ2v) is 5.18. The van der Waals surface area contributed by atoms with Crippen LogP contribution in [0.1, 0.15) is 24.8 Å². The summed E-state index contributed by atoms with van der Waals surface area (Å²) in [5, 5.41) is 0. The van der Waals surface area contributed by atoms with Crippen molar-refractivity contribution in [2.45, 2.75) is 31.8 Å². The van der Waals surface area contributed by atoms with Crippen LogP contribution in [0.3, 0.4) is 0 Å². The van der Waals surface area contributed by atoms with Crippen molar-refractivity contribution in [2.75, 3.05) is 7.11 Å². The summed E-state index contributed by atoms with van der Waals surface area (Å²) in [6.45, 7) is 0.171. The molecule has 108 valence electrons. The van der Waals surface area contributed by atoms with E-state index in [0.29, 0.717) is 11.4 Å². The van der Waals surface area contributed by atoms with E-state index >= 15 is 0 Å². The molecule has 1 aromatic rings. The SMILES string of the molecule is COC(=O)C[C@@H]1CCC(=S)N1Cc1cccc(F)c1F. The van der Waals surface area contributed by atoms with Crippen LogP contribution >= 0.6 is 12.2 Å². The lowest BCUT2D eigenvalue weighted by atomic mass is 10.1. The Morgan fingerprint density at radius 1 is 1.50 bits per heavy atom. The largest absolute Gasteiger partial charge is 0.469 e. The minimum absolute atomic E-state index is 0.113. The summed E-state index contributed by atoms with van der Waals surface area (Å²) in [5.41, 5.74) is 0.240. The number of nitrogens with zero attached hydrogens (tertiary/aromatic N) is 1. The number of carbonyl (C=O) groups excluding carboxylic acids is 1. The van der Waals surface area contributed by atoms with Crippen molar-refractivity contribution in [1.82, 2.24) is 4.90 Å². The number of esters is 1. The minimum Gasteiger partial charge on any atom is -0.469 e. The number of halogens is 2. The van der Waals surface area contributed by atoms with Gasteiger partial charge in [-0.25, -0.2) is 8.78 Å². The fraction of sp³-hybridized carbons (Fsp3) is 0.429. The zero-order valence-corrected chi connectivity index (χ0v) is 11.9. The van der Waals surface area contributed by atoms with Gasteiger partial charge in [-0.3, -0.25) is 4.79 Å². The van der Waals surface area contributed by atoms with E-state index < -0.39 is 11.6 Å². The summed E-state index contributed by atoms with van der Waals surface area (Å²) in [4.78, 5) is 13.8. The number of rotatable bonds is 4. The van der Waals surface area contributed by atoms with Crippen molar-refractivity contribution < 1.29 is 18.3 Å². The molecule has 0 aliphatic carbocycles. The number of methoxy groups -OCH3 is 1. The molecular weight excluding hydrogens is 284 g/mol. The highest BCUT2D eigenvalue weighted by Crippen LogP contribution is 2.26. The van der Waals surface area contributed by atoms with E-state index in [1.807, 2.05) is 0 Å². The molecule has 0 bridgehead atoms. The summed E-state index contributed by atoms with van der Waals surface area (Å²) in [5.74, 6) is -2.07. The third-order valence-corrected chi connectivity index (χ3v) is 3.89. The Kier molecular flexibility index (Phi) is 4.65. The molecule has 1 atom stereocenters.